The maximum Gasteiger partial charge on any atom is 0.249 e. The molecule has 1 unspecified atom stereocenters. The Morgan fingerprint density at radius 1 is 1.31 bits per heavy atom. The number of hydrogen-bond acceptors (Lipinski definition) is 5. The molecule has 1 heterocycles. The Morgan fingerprint density at radius 2 is 2.06 bits per heavy atom. The van der Waals surface area contributed by atoms with Gasteiger partial charge >= 0.3 is 0 Å². The summed E-state index contributed by atoms with van der Waals surface area (Å²) in [7, 11) is 0. The number of aromatic nitrogens is 1. The Kier molecular flexibility index (Phi) is 6.75. The predicted molar refractivity (Wildman–Crippen MR) is 127 cm³/mol. The summed E-state index contributed by atoms with van der Waals surface area (Å²) in [5, 5.41) is 12.7. The molecule has 0 aliphatic heterocycles. The average Bonchev–Trinajstić information content (AvgIpc) is 2.76. The van der Waals surface area contributed by atoms with Gasteiger partial charge < -0.3 is 16.8 Å². The molecule has 0 spiro atoms. The van der Waals surface area contributed by atoms with Gasteiger partial charge in [-0.1, -0.05) is 43.2 Å². The second kappa shape index (κ2) is 9.33. The van der Waals surface area contributed by atoms with Crippen LogP contribution in [0.5, 0.6) is 0 Å². The maximum absolute atomic E-state index is 12.3. The number of nitrogens with two attached hydrogens (primary N) is 2. The number of pyridine rings is 1. The van der Waals surface area contributed by atoms with Gasteiger partial charge in [-0.15, -0.1) is 0 Å². The van der Waals surface area contributed by atoms with Crippen LogP contribution in [0.1, 0.15) is 62.4 Å². The molecule has 1 atom stereocenters. The van der Waals surface area contributed by atoms with Crippen molar-refractivity contribution in [3.05, 3.63) is 71.1 Å². The molecule has 1 amide bonds. The quantitative estimate of drug-likeness (QED) is 0.273. The molecule has 7 nitrogen and oxygen atoms in total. The Bertz CT molecular complexity index is 1100. The van der Waals surface area contributed by atoms with E-state index in [1.807, 2.05) is 18.3 Å². The highest BCUT2D eigenvalue weighted by Crippen LogP contribution is 2.45. The van der Waals surface area contributed by atoms with Crippen LogP contribution >= 0.6 is 0 Å². The number of amides is 1. The molecule has 0 saturated carbocycles. The molecule has 7 heteroatoms. The van der Waals surface area contributed by atoms with E-state index in [1.165, 1.54) is 11.1 Å². The number of nitriles is 1. The van der Waals surface area contributed by atoms with E-state index in [4.69, 9.17) is 11.5 Å². The average molecular weight is 431 g/mol. The van der Waals surface area contributed by atoms with Crippen LogP contribution in [-0.2, 0) is 5.54 Å². The second-order valence-electron chi connectivity index (χ2n) is 8.98. The molecule has 1 aromatic carbocycles. The lowest BCUT2D eigenvalue weighted by Gasteiger charge is -2.41. The highest BCUT2D eigenvalue weighted by molar-refractivity contribution is 6.06. The molecule has 5 N–H and O–H groups in total. The first-order valence-electron chi connectivity index (χ1n) is 10.7. The van der Waals surface area contributed by atoms with Crippen molar-refractivity contribution < 1.29 is 4.79 Å². The monoisotopic (exact) mass is 430 g/mol. The summed E-state index contributed by atoms with van der Waals surface area (Å²) in [5.74, 6) is -0.343. The van der Waals surface area contributed by atoms with Crippen LogP contribution in [0.4, 0.5) is 5.69 Å². The number of carbonyl (C=O) groups is 1. The molecular formula is C25H30N6O. The van der Waals surface area contributed by atoms with Crippen LogP contribution in [0.15, 0.2) is 64.9 Å². The minimum atomic E-state index is -1.29. The summed E-state index contributed by atoms with van der Waals surface area (Å²) >= 11 is 0. The lowest BCUT2D eigenvalue weighted by Crippen LogP contribution is -2.51. The van der Waals surface area contributed by atoms with Crippen molar-refractivity contribution in [1.82, 2.24) is 4.98 Å². The summed E-state index contributed by atoms with van der Waals surface area (Å²) < 4.78 is 0. The Morgan fingerprint density at radius 3 is 2.69 bits per heavy atom. The molecule has 2 aromatic rings. The molecule has 166 valence electrons. The SMILES string of the molecule is CC1=C(CC(N)(C(=NC#N)Nc2cccnc2)c2ccccc2C(N)=O)C(C)(C)CCC1. The van der Waals surface area contributed by atoms with Crippen LogP contribution < -0.4 is 16.8 Å². The molecule has 32 heavy (non-hydrogen) atoms. The van der Waals surface area contributed by atoms with Gasteiger partial charge in [0.05, 0.1) is 11.9 Å². The number of rotatable bonds is 6. The number of nitrogens with zero attached hydrogens (tertiary/aromatic N) is 3. The van der Waals surface area contributed by atoms with Gasteiger partial charge in [-0.3, -0.25) is 9.78 Å². The van der Waals surface area contributed by atoms with Gasteiger partial charge in [0.15, 0.2) is 0 Å². The highest BCUT2D eigenvalue weighted by atomic mass is 16.1. The van der Waals surface area contributed by atoms with Gasteiger partial charge in [0, 0.05) is 11.8 Å². The zero-order chi connectivity index (χ0) is 23.4. The predicted octanol–water partition coefficient (Wildman–Crippen LogP) is 4.24. The summed E-state index contributed by atoms with van der Waals surface area (Å²) in [6.07, 6.45) is 8.69. The maximum atomic E-state index is 12.3. The third-order valence-corrected chi connectivity index (χ3v) is 6.32. The van der Waals surface area contributed by atoms with Crippen molar-refractivity contribution in [2.24, 2.45) is 21.9 Å². The van der Waals surface area contributed by atoms with Crippen molar-refractivity contribution >= 4 is 17.4 Å². The summed E-state index contributed by atoms with van der Waals surface area (Å²) in [4.78, 5) is 20.5. The zero-order valence-electron chi connectivity index (χ0n) is 18.9. The fraction of sp³-hybridized carbons (Fsp3) is 0.360. The molecule has 1 aliphatic carbocycles. The molecule has 1 aliphatic rings. The largest absolute Gasteiger partial charge is 0.366 e. The fourth-order valence-corrected chi connectivity index (χ4v) is 4.60. The van der Waals surface area contributed by atoms with Crippen LogP contribution in [0.3, 0.4) is 0 Å². The van der Waals surface area contributed by atoms with Crippen molar-refractivity contribution in [3.63, 3.8) is 0 Å². The minimum Gasteiger partial charge on any atom is -0.366 e. The fourth-order valence-electron chi connectivity index (χ4n) is 4.60. The topological polar surface area (TPSA) is 130 Å². The first-order valence-corrected chi connectivity index (χ1v) is 10.7. The Balaban J connectivity index is 2.22. The molecule has 1 aromatic heterocycles. The molecule has 0 fully saturated rings. The number of carbonyl (C=O) groups excluding carboxylic acids is 1. The number of amidine groups is 1. The standard InChI is InChI=1S/C25H30N6O/c1-17-8-6-12-24(2,3)21(17)14-25(28,20-11-5-4-10-19(20)22(27)32)23(30-16-26)31-18-9-7-13-29-15-18/h4-5,7,9-11,13,15H,6,8,12,14,28H2,1-3H3,(H2,27,32)(H,30,31). The lowest BCUT2D eigenvalue weighted by atomic mass is 9.67. The lowest BCUT2D eigenvalue weighted by molar-refractivity contribution is 0.0998. The van der Waals surface area contributed by atoms with Gasteiger partial charge in [-0.25, -0.2) is 0 Å². The van der Waals surface area contributed by atoms with Gasteiger partial charge in [-0.2, -0.15) is 10.3 Å². The first kappa shape index (κ1) is 23.2. The molecule has 0 saturated heterocycles. The first-order chi connectivity index (χ1) is 15.2. The Hall–Kier alpha value is -3.50. The molecule has 0 radical (unpaired) electrons. The Labute approximate surface area is 189 Å². The number of aliphatic imine (C=N–C) groups is 1. The van der Waals surface area contributed by atoms with E-state index in [0.717, 1.165) is 19.3 Å². The van der Waals surface area contributed by atoms with E-state index in [-0.39, 0.29) is 11.3 Å². The summed E-state index contributed by atoms with van der Waals surface area (Å²) in [5.41, 5.74) is 15.5. The smallest absolute Gasteiger partial charge is 0.249 e. The van der Waals surface area contributed by atoms with Crippen LogP contribution in [0.2, 0.25) is 0 Å². The number of hydrogen-bond donors (Lipinski definition) is 3. The van der Waals surface area contributed by atoms with Gasteiger partial charge in [0.1, 0.15) is 11.4 Å². The van der Waals surface area contributed by atoms with E-state index in [2.05, 4.69) is 36.1 Å². The molecule has 0 bridgehead atoms. The number of primary amides is 1. The molecular weight excluding hydrogens is 400 g/mol. The van der Waals surface area contributed by atoms with Crippen LogP contribution in [0.25, 0.3) is 0 Å². The number of anilines is 1. The van der Waals surface area contributed by atoms with Crippen molar-refractivity contribution in [2.45, 2.75) is 52.0 Å². The van der Waals surface area contributed by atoms with E-state index in [1.54, 1.807) is 36.7 Å². The van der Waals surface area contributed by atoms with Crippen LogP contribution in [-0.4, -0.2) is 16.7 Å². The summed E-state index contributed by atoms with van der Waals surface area (Å²) in [6.45, 7) is 6.55. The number of benzene rings is 1. The zero-order valence-corrected chi connectivity index (χ0v) is 18.9. The minimum absolute atomic E-state index is 0.0688. The number of nitrogens with one attached hydrogen (secondary N) is 1. The van der Waals surface area contributed by atoms with E-state index < -0.39 is 11.4 Å². The highest BCUT2D eigenvalue weighted by Gasteiger charge is 2.42. The number of allylic oxidation sites excluding steroid dienone is 1. The van der Waals surface area contributed by atoms with E-state index in [9.17, 15) is 10.1 Å². The van der Waals surface area contributed by atoms with Crippen molar-refractivity contribution in [2.75, 3.05) is 5.32 Å². The van der Waals surface area contributed by atoms with Gasteiger partial charge in [0.25, 0.3) is 0 Å². The van der Waals surface area contributed by atoms with Gasteiger partial charge in [0.2, 0.25) is 12.1 Å². The van der Waals surface area contributed by atoms with Crippen LogP contribution in [0, 0.1) is 16.9 Å². The van der Waals surface area contributed by atoms with E-state index in [0.29, 0.717) is 23.2 Å². The van der Waals surface area contributed by atoms with E-state index >= 15 is 0 Å². The van der Waals surface area contributed by atoms with Gasteiger partial charge in [-0.05, 0) is 61.8 Å². The van der Waals surface area contributed by atoms with Crippen molar-refractivity contribution in [1.29, 1.82) is 5.26 Å². The van der Waals surface area contributed by atoms with Crippen molar-refractivity contribution in [3.8, 4) is 6.19 Å². The second-order valence-corrected chi connectivity index (χ2v) is 8.98. The molecule has 3 rings (SSSR count). The third kappa shape index (κ3) is 4.71. The summed E-state index contributed by atoms with van der Waals surface area (Å²) in [6, 6.07) is 10.6. The normalized spacial score (nSPS) is 17.9. The third-order valence-electron chi connectivity index (χ3n) is 6.32.